The highest BCUT2D eigenvalue weighted by molar-refractivity contribution is 7.89. The van der Waals surface area contributed by atoms with Crippen molar-refractivity contribution in [1.29, 1.82) is 0 Å². The van der Waals surface area contributed by atoms with Crippen LogP contribution in [0.1, 0.15) is 19.8 Å². The molecule has 1 atom stereocenters. The Morgan fingerprint density at radius 2 is 1.84 bits per heavy atom. The van der Waals surface area contributed by atoms with Crippen LogP contribution in [0.5, 0.6) is 0 Å². The van der Waals surface area contributed by atoms with Gasteiger partial charge in [-0.3, -0.25) is 0 Å². The van der Waals surface area contributed by atoms with Crippen LogP contribution < -0.4 is 10.3 Å². The van der Waals surface area contributed by atoms with Crippen molar-refractivity contribution in [1.82, 2.24) is 10.3 Å². The summed E-state index contributed by atoms with van der Waals surface area (Å²) in [6.45, 7) is 3.49. The van der Waals surface area contributed by atoms with Gasteiger partial charge < -0.3 is 4.74 Å². The molecule has 0 amide bonds. The van der Waals surface area contributed by atoms with Gasteiger partial charge in [0.05, 0.1) is 4.90 Å². The second-order valence-corrected chi connectivity index (χ2v) is 6.48. The molecule has 1 heterocycles. The molecule has 1 saturated heterocycles. The number of rotatable bonds is 5. The largest absolute Gasteiger partial charge is 0.381 e. The van der Waals surface area contributed by atoms with Crippen molar-refractivity contribution in [3.63, 3.8) is 0 Å². The Morgan fingerprint density at radius 3 is 2.47 bits per heavy atom. The van der Waals surface area contributed by atoms with Crippen LogP contribution in [0.15, 0.2) is 35.2 Å². The molecule has 2 N–H and O–H groups in total. The molecule has 0 aliphatic carbocycles. The molecule has 0 radical (unpaired) electrons. The highest BCUT2D eigenvalue weighted by Crippen LogP contribution is 2.18. The van der Waals surface area contributed by atoms with Gasteiger partial charge in [0.25, 0.3) is 10.0 Å². The van der Waals surface area contributed by atoms with Gasteiger partial charge in [0.2, 0.25) is 0 Å². The van der Waals surface area contributed by atoms with E-state index in [-0.39, 0.29) is 10.9 Å². The van der Waals surface area contributed by atoms with Crippen LogP contribution in [-0.4, -0.2) is 27.7 Å². The lowest BCUT2D eigenvalue weighted by molar-refractivity contribution is 0.0553. The fraction of sp³-hybridized carbons (Fsp3) is 0.538. The van der Waals surface area contributed by atoms with E-state index in [1.807, 2.05) is 6.92 Å². The van der Waals surface area contributed by atoms with Gasteiger partial charge in [-0.25, -0.2) is 13.8 Å². The molecule has 1 aromatic carbocycles. The highest BCUT2D eigenvalue weighted by atomic mass is 32.2. The predicted molar refractivity (Wildman–Crippen MR) is 72.9 cm³/mol. The molecule has 1 aliphatic heterocycles. The third kappa shape index (κ3) is 4.01. The van der Waals surface area contributed by atoms with Crippen molar-refractivity contribution in [3.05, 3.63) is 30.3 Å². The van der Waals surface area contributed by atoms with Gasteiger partial charge in [-0.2, -0.15) is 0 Å². The van der Waals surface area contributed by atoms with Gasteiger partial charge in [0.15, 0.2) is 0 Å². The smallest absolute Gasteiger partial charge is 0.253 e. The molecule has 0 saturated carbocycles. The van der Waals surface area contributed by atoms with Crippen LogP contribution in [0.2, 0.25) is 0 Å². The van der Waals surface area contributed by atoms with E-state index in [0.717, 1.165) is 26.1 Å². The molecule has 1 aromatic rings. The van der Waals surface area contributed by atoms with Crippen LogP contribution in [-0.2, 0) is 14.8 Å². The van der Waals surface area contributed by atoms with E-state index in [1.165, 1.54) is 0 Å². The summed E-state index contributed by atoms with van der Waals surface area (Å²) in [5.74, 6) is 0.437. The molecule has 1 fully saturated rings. The molecule has 0 bridgehead atoms. The Labute approximate surface area is 114 Å². The molecule has 19 heavy (non-hydrogen) atoms. The molecule has 0 unspecified atom stereocenters. The predicted octanol–water partition coefficient (Wildman–Crippen LogP) is 1.28. The average molecular weight is 284 g/mol. The molecular weight excluding hydrogens is 264 g/mol. The van der Waals surface area contributed by atoms with Gasteiger partial charge in [-0.15, -0.1) is 4.83 Å². The zero-order valence-corrected chi connectivity index (χ0v) is 11.8. The molecule has 6 heteroatoms. The lowest BCUT2D eigenvalue weighted by Gasteiger charge is -2.28. The molecule has 106 valence electrons. The van der Waals surface area contributed by atoms with Gasteiger partial charge in [0.1, 0.15) is 0 Å². The summed E-state index contributed by atoms with van der Waals surface area (Å²) in [4.78, 5) is 2.72. The number of nitrogens with one attached hydrogen (secondary N) is 2. The maximum absolute atomic E-state index is 12.0. The maximum Gasteiger partial charge on any atom is 0.253 e. The standard InChI is InChI=1S/C13H20N2O3S/c1-11(12-7-9-18-10-8-12)14-15-19(16,17)13-5-3-2-4-6-13/h2-6,11-12,14-15H,7-10H2,1H3/t11-/m1/s1. The van der Waals surface area contributed by atoms with Crippen molar-refractivity contribution < 1.29 is 13.2 Å². The van der Waals surface area contributed by atoms with E-state index in [1.54, 1.807) is 30.3 Å². The first-order chi connectivity index (χ1) is 9.09. The van der Waals surface area contributed by atoms with Crippen molar-refractivity contribution in [2.45, 2.75) is 30.7 Å². The van der Waals surface area contributed by atoms with E-state index < -0.39 is 10.0 Å². The Balaban J connectivity index is 1.91. The first-order valence-corrected chi connectivity index (χ1v) is 7.98. The first kappa shape index (κ1) is 14.5. The van der Waals surface area contributed by atoms with E-state index in [9.17, 15) is 8.42 Å². The summed E-state index contributed by atoms with van der Waals surface area (Å²) in [5.41, 5.74) is 2.90. The normalized spacial score (nSPS) is 19.2. The quantitative estimate of drug-likeness (QED) is 0.799. The Kier molecular flexibility index (Phi) is 4.93. The summed E-state index contributed by atoms with van der Waals surface area (Å²) < 4.78 is 29.3. The zero-order valence-electron chi connectivity index (χ0n) is 11.0. The Hall–Kier alpha value is -0.950. The zero-order chi connectivity index (χ0) is 13.7. The minimum Gasteiger partial charge on any atom is -0.381 e. The number of hydrazine groups is 1. The summed E-state index contributed by atoms with van der Waals surface area (Å²) in [6, 6.07) is 8.43. The van der Waals surface area contributed by atoms with Crippen LogP contribution in [0.3, 0.4) is 0 Å². The van der Waals surface area contributed by atoms with Gasteiger partial charge in [-0.1, -0.05) is 18.2 Å². The van der Waals surface area contributed by atoms with Gasteiger partial charge in [-0.05, 0) is 37.8 Å². The second kappa shape index (κ2) is 6.47. The van der Waals surface area contributed by atoms with Gasteiger partial charge >= 0.3 is 0 Å². The van der Waals surface area contributed by atoms with Crippen LogP contribution in [0.4, 0.5) is 0 Å². The van der Waals surface area contributed by atoms with Crippen LogP contribution in [0.25, 0.3) is 0 Å². The first-order valence-electron chi connectivity index (χ1n) is 6.50. The lowest BCUT2D eigenvalue weighted by Crippen LogP contribution is -2.47. The minimum absolute atomic E-state index is 0.0855. The van der Waals surface area contributed by atoms with Gasteiger partial charge in [0, 0.05) is 19.3 Å². The molecule has 5 nitrogen and oxygen atoms in total. The monoisotopic (exact) mass is 284 g/mol. The van der Waals surface area contributed by atoms with E-state index in [2.05, 4.69) is 10.3 Å². The number of hydrogen-bond donors (Lipinski definition) is 2. The molecule has 1 aliphatic rings. The van der Waals surface area contributed by atoms with Crippen molar-refractivity contribution in [3.8, 4) is 0 Å². The number of hydrogen-bond acceptors (Lipinski definition) is 4. The topological polar surface area (TPSA) is 67.4 Å². The minimum atomic E-state index is -3.49. The third-order valence-corrected chi connectivity index (χ3v) is 4.73. The van der Waals surface area contributed by atoms with Crippen LogP contribution in [0, 0.1) is 5.92 Å². The third-order valence-electron chi connectivity index (χ3n) is 3.45. The second-order valence-electron chi connectivity index (χ2n) is 4.80. The number of ether oxygens (including phenoxy) is 1. The molecule has 0 aromatic heterocycles. The van der Waals surface area contributed by atoms with E-state index in [4.69, 9.17) is 4.74 Å². The summed E-state index contributed by atoms with van der Waals surface area (Å²) in [6.07, 6.45) is 1.92. The van der Waals surface area contributed by atoms with Crippen molar-refractivity contribution in [2.24, 2.45) is 5.92 Å². The summed E-state index contributed by atoms with van der Waals surface area (Å²) in [5, 5.41) is 0. The molecular formula is C13H20N2O3S. The van der Waals surface area contributed by atoms with Crippen LogP contribution >= 0.6 is 0 Å². The molecule has 2 rings (SSSR count). The highest BCUT2D eigenvalue weighted by Gasteiger charge is 2.22. The van der Waals surface area contributed by atoms with E-state index in [0.29, 0.717) is 5.92 Å². The maximum atomic E-state index is 12.0. The fourth-order valence-electron chi connectivity index (χ4n) is 2.16. The van der Waals surface area contributed by atoms with Crippen molar-refractivity contribution in [2.75, 3.05) is 13.2 Å². The fourth-order valence-corrected chi connectivity index (χ4v) is 3.14. The Morgan fingerprint density at radius 1 is 1.21 bits per heavy atom. The SMILES string of the molecule is C[C@@H](NNS(=O)(=O)c1ccccc1)C1CCOCC1. The molecule has 0 spiro atoms. The summed E-state index contributed by atoms with van der Waals surface area (Å²) >= 11 is 0. The van der Waals surface area contributed by atoms with Crippen molar-refractivity contribution >= 4 is 10.0 Å². The number of benzene rings is 1. The number of sulfonamides is 1. The average Bonchev–Trinajstić information content (AvgIpc) is 2.47. The Bertz CT molecular complexity index is 484. The van der Waals surface area contributed by atoms with E-state index >= 15 is 0 Å². The lowest BCUT2D eigenvalue weighted by atomic mass is 9.93. The summed E-state index contributed by atoms with van der Waals surface area (Å²) in [7, 11) is -3.49.